The summed E-state index contributed by atoms with van der Waals surface area (Å²) in [6.45, 7) is 0.885. The summed E-state index contributed by atoms with van der Waals surface area (Å²) in [5, 5.41) is 11.4. The van der Waals surface area contributed by atoms with E-state index in [1.807, 2.05) is 6.07 Å². The van der Waals surface area contributed by atoms with Gasteiger partial charge in [-0.2, -0.15) is 0 Å². The van der Waals surface area contributed by atoms with Crippen LogP contribution in [0.1, 0.15) is 10.4 Å². The number of esters is 1. The first-order chi connectivity index (χ1) is 10.7. The second-order valence-corrected chi connectivity index (χ2v) is 4.71. The summed E-state index contributed by atoms with van der Waals surface area (Å²) in [4.78, 5) is 12.0. The lowest BCUT2D eigenvalue weighted by atomic mass is 10.2. The van der Waals surface area contributed by atoms with Crippen LogP contribution in [0.15, 0.2) is 30.3 Å². The van der Waals surface area contributed by atoms with Crippen molar-refractivity contribution in [2.45, 2.75) is 12.2 Å². The van der Waals surface area contributed by atoms with E-state index in [2.05, 4.69) is 0 Å². The molecule has 0 unspecified atom stereocenters. The van der Waals surface area contributed by atoms with Crippen LogP contribution in [0.3, 0.4) is 0 Å². The van der Waals surface area contributed by atoms with Gasteiger partial charge in [-0.3, -0.25) is 0 Å². The van der Waals surface area contributed by atoms with Gasteiger partial charge in [0.1, 0.15) is 6.79 Å². The first-order valence-corrected chi connectivity index (χ1v) is 6.94. The largest absolute Gasteiger partial charge is 0.624 e. The van der Waals surface area contributed by atoms with E-state index in [0.29, 0.717) is 23.5 Å². The van der Waals surface area contributed by atoms with Crippen LogP contribution >= 0.6 is 0 Å². The van der Waals surface area contributed by atoms with Crippen LogP contribution in [0, 0.1) is 5.21 Å². The topological polar surface area (TPSA) is 80.1 Å². The molecule has 120 valence electrons. The molecule has 1 aliphatic rings. The Morgan fingerprint density at radius 1 is 1.32 bits per heavy atom. The fourth-order valence-corrected chi connectivity index (χ4v) is 1.96. The highest BCUT2D eigenvalue weighted by Gasteiger charge is 2.36. The molecule has 0 aliphatic carbocycles. The average Bonchev–Trinajstić information content (AvgIpc) is 2.87. The van der Waals surface area contributed by atoms with Crippen LogP contribution in [0.5, 0.6) is 0 Å². The van der Waals surface area contributed by atoms with Crippen LogP contribution in [-0.4, -0.2) is 62.8 Å². The number of methoxy groups -OCH3 is 1. The third-order valence-electron chi connectivity index (χ3n) is 3.08. The maximum Gasteiger partial charge on any atom is 0.338 e. The molecule has 0 bridgehead atoms. The van der Waals surface area contributed by atoms with E-state index in [-0.39, 0.29) is 13.3 Å². The molecule has 0 saturated heterocycles. The molecule has 1 heterocycles. The third-order valence-corrected chi connectivity index (χ3v) is 3.08. The fourth-order valence-electron chi connectivity index (χ4n) is 1.96. The zero-order valence-electron chi connectivity index (χ0n) is 12.3. The number of hydroxylamine groups is 1. The molecule has 2 atom stereocenters. The molecule has 0 saturated carbocycles. The molecule has 1 aromatic carbocycles. The van der Waals surface area contributed by atoms with Crippen LogP contribution in [0.2, 0.25) is 0 Å². The lowest BCUT2D eigenvalue weighted by Gasteiger charge is -2.16. The summed E-state index contributed by atoms with van der Waals surface area (Å²) in [5.41, 5.74) is 0.432. The molecule has 2 rings (SSSR count). The molecule has 0 spiro atoms. The first kappa shape index (κ1) is 16.4. The summed E-state index contributed by atoms with van der Waals surface area (Å²) < 4.78 is 21.5. The summed E-state index contributed by atoms with van der Waals surface area (Å²) in [6, 6.07) is 8.60. The number of carbonyl (C=O) groups excluding carboxylic acids is 1. The van der Waals surface area contributed by atoms with E-state index in [1.54, 1.807) is 31.4 Å². The Labute approximate surface area is 128 Å². The number of nitrogens with zero attached hydrogens (tertiary/aromatic N) is 1. The van der Waals surface area contributed by atoms with E-state index in [4.69, 9.17) is 18.9 Å². The van der Waals surface area contributed by atoms with Gasteiger partial charge in [0.2, 0.25) is 0 Å². The van der Waals surface area contributed by atoms with Crippen LogP contribution in [0.4, 0.5) is 0 Å². The zero-order chi connectivity index (χ0) is 15.8. The van der Waals surface area contributed by atoms with Crippen LogP contribution < -0.4 is 0 Å². The van der Waals surface area contributed by atoms with Gasteiger partial charge < -0.3 is 24.2 Å². The summed E-state index contributed by atoms with van der Waals surface area (Å²) >= 11 is 0. The molecule has 0 aromatic heterocycles. The molecule has 0 radical (unpaired) electrons. The maximum atomic E-state index is 12.0. The zero-order valence-corrected chi connectivity index (χ0v) is 12.3. The lowest BCUT2D eigenvalue weighted by molar-refractivity contribution is -0.451. The van der Waals surface area contributed by atoms with E-state index < -0.39 is 18.2 Å². The molecule has 1 aromatic rings. The Hall–Kier alpha value is -1.96. The Balaban J connectivity index is 1.83. The van der Waals surface area contributed by atoms with Crippen LogP contribution in [-0.2, 0) is 18.9 Å². The van der Waals surface area contributed by atoms with Crippen molar-refractivity contribution in [3.63, 3.8) is 0 Å². The lowest BCUT2D eigenvalue weighted by Crippen LogP contribution is -2.34. The minimum atomic E-state index is -0.656. The highest BCUT2D eigenvalue weighted by Crippen LogP contribution is 2.12. The van der Waals surface area contributed by atoms with Gasteiger partial charge in [0.15, 0.2) is 25.0 Å². The van der Waals surface area contributed by atoms with Gasteiger partial charge in [0.25, 0.3) is 0 Å². The molecule has 0 fully saturated rings. The van der Waals surface area contributed by atoms with E-state index in [9.17, 15) is 10.0 Å². The van der Waals surface area contributed by atoms with Crippen LogP contribution in [0.25, 0.3) is 0 Å². The van der Waals surface area contributed by atoms with Crippen molar-refractivity contribution in [1.29, 1.82) is 0 Å². The predicted octanol–water partition coefficient (Wildman–Crippen LogP) is 0.812. The van der Waals surface area contributed by atoms with Gasteiger partial charge in [0, 0.05) is 7.11 Å². The third kappa shape index (κ3) is 4.80. The number of ether oxygens (including phenoxy) is 4. The summed E-state index contributed by atoms with van der Waals surface area (Å²) in [7, 11) is 1.57. The Bertz CT molecular complexity index is 504. The number of carbonyl (C=O) groups is 1. The van der Waals surface area contributed by atoms with Gasteiger partial charge in [-0.1, -0.05) is 18.2 Å². The van der Waals surface area contributed by atoms with Gasteiger partial charge in [-0.15, -0.1) is 0 Å². The smallest absolute Gasteiger partial charge is 0.338 e. The van der Waals surface area contributed by atoms with Crippen molar-refractivity contribution in [2.24, 2.45) is 0 Å². The standard InChI is InChI=1S/C15H19NO6/c1-19-7-8-20-11-21-13-9-16(18)10-14(13)22-15(17)12-5-3-2-4-6-12/h2-6,9,13-14H,7-8,10-11H2,1H3/t13-,14+/m0/s1. The molecule has 7 heteroatoms. The maximum absolute atomic E-state index is 12.0. The SMILES string of the molecule is COCCOCO[C@H]1C=[N+]([O-])C[C@H]1OC(=O)c1ccccc1. The monoisotopic (exact) mass is 309 g/mol. The Morgan fingerprint density at radius 2 is 2.09 bits per heavy atom. The van der Waals surface area contributed by atoms with Gasteiger partial charge in [-0.25, -0.2) is 9.53 Å². The molecule has 22 heavy (non-hydrogen) atoms. The Morgan fingerprint density at radius 3 is 2.82 bits per heavy atom. The van der Waals surface area contributed by atoms with Crippen molar-refractivity contribution in [3.8, 4) is 0 Å². The fraction of sp³-hybridized carbons (Fsp3) is 0.467. The minimum absolute atomic E-state index is 0.00223. The van der Waals surface area contributed by atoms with E-state index in [0.717, 1.165) is 0 Å². The van der Waals surface area contributed by atoms with Gasteiger partial charge in [0.05, 0.1) is 18.8 Å². The number of hydrogen-bond donors (Lipinski definition) is 0. The van der Waals surface area contributed by atoms with Crippen molar-refractivity contribution in [2.75, 3.05) is 33.7 Å². The molecule has 7 nitrogen and oxygen atoms in total. The summed E-state index contributed by atoms with van der Waals surface area (Å²) in [6.07, 6.45) is 0.0618. The van der Waals surface area contributed by atoms with Crippen molar-refractivity contribution in [3.05, 3.63) is 41.1 Å². The normalized spacial score (nSPS) is 20.7. The second-order valence-electron chi connectivity index (χ2n) is 4.71. The second kappa shape index (κ2) is 8.47. The van der Waals surface area contributed by atoms with E-state index in [1.165, 1.54) is 6.21 Å². The number of benzene rings is 1. The summed E-state index contributed by atoms with van der Waals surface area (Å²) in [5.74, 6) is -0.483. The van der Waals surface area contributed by atoms with E-state index >= 15 is 0 Å². The van der Waals surface area contributed by atoms with Gasteiger partial charge in [-0.05, 0) is 12.1 Å². The minimum Gasteiger partial charge on any atom is -0.624 e. The van der Waals surface area contributed by atoms with Crippen molar-refractivity contribution in [1.82, 2.24) is 0 Å². The molecule has 0 N–H and O–H groups in total. The molecular weight excluding hydrogens is 290 g/mol. The predicted molar refractivity (Wildman–Crippen MR) is 77.8 cm³/mol. The molecule has 0 amide bonds. The highest BCUT2D eigenvalue weighted by atomic mass is 16.7. The van der Waals surface area contributed by atoms with Gasteiger partial charge >= 0.3 is 5.97 Å². The average molecular weight is 309 g/mol. The highest BCUT2D eigenvalue weighted by molar-refractivity contribution is 5.89. The first-order valence-electron chi connectivity index (χ1n) is 6.94. The quantitative estimate of drug-likeness (QED) is 0.232. The Kier molecular flexibility index (Phi) is 6.32. The number of hydrogen-bond acceptors (Lipinski definition) is 6. The van der Waals surface area contributed by atoms with Crippen molar-refractivity contribution < 1.29 is 28.5 Å². The molecule has 1 aliphatic heterocycles. The number of rotatable bonds is 8. The molecular formula is C15H19NO6. The van der Waals surface area contributed by atoms with Crippen molar-refractivity contribution >= 4 is 12.2 Å².